The van der Waals surface area contributed by atoms with Gasteiger partial charge in [-0.3, -0.25) is 0 Å². The summed E-state index contributed by atoms with van der Waals surface area (Å²) in [6.45, 7) is 17.4. The Morgan fingerprint density at radius 2 is 0.632 bits per heavy atom. The van der Waals surface area contributed by atoms with Gasteiger partial charge in [0.2, 0.25) is 0 Å². The third-order valence-electron chi connectivity index (χ3n) is 21.4. The van der Waals surface area contributed by atoms with Gasteiger partial charge in [-0.15, -0.1) is 0 Å². The molecular formula is C93H72N2. The Hall–Kier alpha value is -11.3. The topological polar surface area (TPSA) is 6.48 Å². The van der Waals surface area contributed by atoms with E-state index >= 15 is 0 Å². The molecule has 14 aromatic carbocycles. The number of aryl methyl sites for hydroxylation is 2. The van der Waals surface area contributed by atoms with E-state index in [-0.39, 0.29) is 0 Å². The molecule has 2 unspecified atom stereocenters. The summed E-state index contributed by atoms with van der Waals surface area (Å²) in [6, 6.07) is 115. The number of fused-ring (bicyclic) bond motifs is 11. The van der Waals surface area contributed by atoms with E-state index in [0.717, 1.165) is 58.1 Å². The summed E-state index contributed by atoms with van der Waals surface area (Å²) in [5, 5.41) is 4.79. The zero-order chi connectivity index (χ0) is 64.2. The van der Waals surface area contributed by atoms with Crippen molar-refractivity contribution in [3.8, 4) is 33.4 Å². The average Bonchev–Trinajstić information content (AvgIpc) is 1.56. The quantitative estimate of drug-likeness (QED) is 0.107. The summed E-state index contributed by atoms with van der Waals surface area (Å²) in [4.78, 5) is 5.08. The van der Waals surface area contributed by atoms with Crippen molar-refractivity contribution in [3.05, 3.63) is 394 Å². The van der Waals surface area contributed by atoms with Crippen LogP contribution in [0.15, 0.2) is 316 Å². The van der Waals surface area contributed by atoms with Gasteiger partial charge in [-0.1, -0.05) is 293 Å². The van der Waals surface area contributed by atoms with Crippen molar-refractivity contribution in [1.82, 2.24) is 0 Å². The first-order valence-corrected chi connectivity index (χ1v) is 33.4. The molecule has 0 saturated heterocycles. The maximum atomic E-state index is 4.10. The van der Waals surface area contributed by atoms with Crippen LogP contribution in [0, 0.1) is 13.8 Å². The van der Waals surface area contributed by atoms with Gasteiger partial charge in [-0.2, -0.15) is 0 Å². The fraction of sp³-hybridized carbons (Fsp3) is 0.0968. The lowest BCUT2D eigenvalue weighted by atomic mass is 9.68. The number of hydrogen-bond acceptors (Lipinski definition) is 2. The van der Waals surface area contributed by atoms with Gasteiger partial charge in [0.05, 0.1) is 22.2 Å². The minimum atomic E-state index is -0.484. The zero-order valence-electron chi connectivity index (χ0n) is 54.2. The molecule has 0 spiro atoms. The highest BCUT2D eigenvalue weighted by Gasteiger charge is 2.47. The van der Waals surface area contributed by atoms with E-state index in [2.05, 4.69) is 354 Å². The van der Waals surface area contributed by atoms with Crippen molar-refractivity contribution in [3.63, 3.8) is 0 Å². The molecule has 0 saturated carbocycles. The Labute approximate surface area is 558 Å². The number of anilines is 6. The molecule has 0 aliphatic heterocycles. The Kier molecular flexibility index (Phi) is 13.6. The monoisotopic (exact) mass is 1220 g/mol. The second-order valence-electron chi connectivity index (χ2n) is 27.1. The molecule has 0 fully saturated rings. The molecule has 2 heteroatoms. The lowest BCUT2D eigenvalue weighted by Gasteiger charge is -2.35. The summed E-state index contributed by atoms with van der Waals surface area (Å²) in [7, 11) is 0. The molecule has 2 nitrogen and oxygen atoms in total. The lowest BCUT2D eigenvalue weighted by Crippen LogP contribution is -2.30. The Bertz CT molecular complexity index is 5050. The molecule has 17 rings (SSSR count). The smallest absolute Gasteiger partial charge is 0.0540 e. The van der Waals surface area contributed by atoms with E-state index in [1.165, 1.54) is 122 Å². The van der Waals surface area contributed by atoms with Gasteiger partial charge >= 0.3 is 0 Å². The first kappa shape index (κ1) is 57.6. The first-order chi connectivity index (χ1) is 46.5. The third-order valence-corrected chi connectivity index (χ3v) is 21.4. The van der Waals surface area contributed by atoms with Crippen LogP contribution in [0.1, 0.15) is 91.7 Å². The zero-order valence-corrected chi connectivity index (χ0v) is 54.2. The molecule has 95 heavy (non-hydrogen) atoms. The molecule has 0 radical (unpaired) electrons. The van der Waals surface area contributed by atoms with E-state index < -0.39 is 16.2 Å². The van der Waals surface area contributed by atoms with Crippen LogP contribution in [0.2, 0.25) is 0 Å². The van der Waals surface area contributed by atoms with Crippen LogP contribution in [0.5, 0.6) is 0 Å². The first-order valence-electron chi connectivity index (χ1n) is 33.4. The molecule has 0 bridgehead atoms. The lowest BCUT2D eigenvalue weighted by molar-refractivity contribution is 0.629. The predicted octanol–water partition coefficient (Wildman–Crippen LogP) is 24.3. The largest absolute Gasteiger partial charge is 0.310 e. The van der Waals surface area contributed by atoms with E-state index in [4.69, 9.17) is 0 Å². The summed E-state index contributed by atoms with van der Waals surface area (Å²) in [5.41, 5.74) is 30.7. The van der Waals surface area contributed by atoms with E-state index in [1.54, 1.807) is 0 Å². The normalized spacial score (nSPS) is 15.9. The fourth-order valence-corrected chi connectivity index (χ4v) is 16.7. The van der Waals surface area contributed by atoms with Crippen molar-refractivity contribution in [1.29, 1.82) is 0 Å². The minimum absolute atomic E-state index is 0.395. The number of benzene rings is 14. The van der Waals surface area contributed by atoms with Crippen molar-refractivity contribution in [2.45, 2.75) is 56.8 Å². The number of rotatable bonds is 14. The van der Waals surface area contributed by atoms with Crippen molar-refractivity contribution >= 4 is 67.8 Å². The van der Waals surface area contributed by atoms with Crippen LogP contribution in [-0.2, 0) is 29.1 Å². The molecule has 3 aliphatic rings. The Balaban J connectivity index is 0.827. The summed E-state index contributed by atoms with van der Waals surface area (Å²) in [5.74, 6) is 0. The predicted molar refractivity (Wildman–Crippen MR) is 402 cm³/mol. The Morgan fingerprint density at radius 1 is 0.305 bits per heavy atom. The second-order valence-corrected chi connectivity index (χ2v) is 27.1. The molecule has 0 heterocycles. The van der Waals surface area contributed by atoms with Gasteiger partial charge in [0.25, 0.3) is 0 Å². The van der Waals surface area contributed by atoms with Crippen LogP contribution in [0.4, 0.5) is 34.1 Å². The average molecular weight is 1220 g/mol. The standard InChI is InChI=1S/C93H72N2/c1-7-63-35-39-65(40-36-63)59-92(69-43-31-61(3)32-44-69)83-27-15-13-25-77(83)81-53-49-73(57-87(81)92)94(89-29-17-21-67-19-9-11-23-75(67)89)71-47-51-79-80-52-48-72(56-86(80)91(5,6)85(79)55-71)95(90-30-18-22-68-20-10-12-24-76(68)90)74-50-54-82-78-26-14-16-28-84(78)93(88(82)58-74,70-45-33-62(4)34-46-70)60-66-41-37-64(8-2)38-42-66/h7-58H,1-2,59-60H2,3-6H3. The highest BCUT2D eigenvalue weighted by atomic mass is 15.2. The summed E-state index contributed by atoms with van der Waals surface area (Å²) < 4.78 is 0. The highest BCUT2D eigenvalue weighted by Crippen LogP contribution is 2.60. The maximum absolute atomic E-state index is 4.10. The van der Waals surface area contributed by atoms with Crippen LogP contribution in [-0.4, -0.2) is 0 Å². The van der Waals surface area contributed by atoms with Crippen molar-refractivity contribution in [2.24, 2.45) is 0 Å². The van der Waals surface area contributed by atoms with Crippen LogP contribution in [0.25, 0.3) is 67.1 Å². The summed E-state index contributed by atoms with van der Waals surface area (Å²) in [6.07, 6.45) is 5.45. The fourth-order valence-electron chi connectivity index (χ4n) is 16.7. The second kappa shape index (κ2) is 22.5. The van der Waals surface area contributed by atoms with Crippen LogP contribution < -0.4 is 9.80 Å². The van der Waals surface area contributed by atoms with Gasteiger partial charge in [-0.25, -0.2) is 0 Å². The highest BCUT2D eigenvalue weighted by molar-refractivity contribution is 6.02. The molecular weight excluding hydrogens is 1150 g/mol. The maximum Gasteiger partial charge on any atom is 0.0540 e. The van der Waals surface area contributed by atoms with Gasteiger partial charge in [0, 0.05) is 38.9 Å². The molecule has 0 amide bonds. The number of hydrogen-bond donors (Lipinski definition) is 0. The Morgan fingerprint density at radius 3 is 1.02 bits per heavy atom. The van der Waals surface area contributed by atoms with Gasteiger partial charge in [-0.05, 0) is 198 Å². The van der Waals surface area contributed by atoms with Crippen LogP contribution >= 0.6 is 0 Å². The van der Waals surface area contributed by atoms with E-state index in [0.29, 0.717) is 0 Å². The molecule has 0 aromatic heterocycles. The van der Waals surface area contributed by atoms with E-state index in [1.807, 2.05) is 12.2 Å². The molecule has 0 N–H and O–H groups in total. The van der Waals surface area contributed by atoms with Gasteiger partial charge < -0.3 is 9.80 Å². The van der Waals surface area contributed by atoms with Crippen molar-refractivity contribution < 1.29 is 0 Å². The van der Waals surface area contributed by atoms with Crippen molar-refractivity contribution in [2.75, 3.05) is 9.80 Å². The molecule has 454 valence electrons. The molecule has 14 aromatic rings. The molecule has 2 atom stereocenters. The number of nitrogens with zero attached hydrogens (tertiary/aromatic N) is 2. The van der Waals surface area contributed by atoms with Crippen LogP contribution in [0.3, 0.4) is 0 Å². The molecule has 3 aliphatic carbocycles. The van der Waals surface area contributed by atoms with Gasteiger partial charge in [0.1, 0.15) is 0 Å². The SMILES string of the molecule is C=Cc1ccc(CC2(c3ccc(C)cc3)c3ccccc3-c3ccc(N(c4ccc5c(c4)C(C)(C)c4cc(N(c6ccc7c(c6)C(Cc6ccc(C=C)cc6)(c6ccc(C)cc6)c6ccccc6-7)c6cccc7ccccc67)ccc4-5)c4cccc5ccccc45)cc32)cc1. The summed E-state index contributed by atoms with van der Waals surface area (Å²) >= 11 is 0. The minimum Gasteiger partial charge on any atom is -0.310 e. The van der Waals surface area contributed by atoms with E-state index in [9.17, 15) is 0 Å². The van der Waals surface area contributed by atoms with Gasteiger partial charge in [0.15, 0.2) is 0 Å². The third kappa shape index (κ3) is 9.14.